The number of aromatic nitrogens is 2. The lowest BCUT2D eigenvalue weighted by Gasteiger charge is -2.34. The summed E-state index contributed by atoms with van der Waals surface area (Å²) < 4.78 is 4.98. The molecule has 3 nitrogen and oxygen atoms in total. The number of hydrogen-bond acceptors (Lipinski definition) is 4. The zero-order valence-corrected chi connectivity index (χ0v) is 33.7. The van der Waals surface area contributed by atoms with Gasteiger partial charge in [0.15, 0.2) is 0 Å². The summed E-state index contributed by atoms with van der Waals surface area (Å²) in [5.74, 6) is 0. The van der Waals surface area contributed by atoms with Crippen molar-refractivity contribution in [1.29, 1.82) is 0 Å². The van der Waals surface area contributed by atoms with E-state index in [1.807, 2.05) is 23.1 Å². The normalized spacial score (nSPS) is 12.9. The van der Waals surface area contributed by atoms with E-state index in [1.54, 1.807) is 0 Å². The van der Waals surface area contributed by atoms with E-state index in [0.29, 0.717) is 0 Å². The molecule has 10 aromatic carbocycles. The molecule has 14 rings (SSSR count). The van der Waals surface area contributed by atoms with Crippen molar-refractivity contribution in [3.8, 4) is 11.1 Å². The third-order valence-electron chi connectivity index (χ3n) is 12.7. The molecule has 278 valence electrons. The fraction of sp³-hybridized carbons (Fsp3) is 0. The molecule has 0 fully saturated rings. The second-order valence-corrected chi connectivity index (χ2v) is 18.1. The van der Waals surface area contributed by atoms with Crippen molar-refractivity contribution in [3.63, 3.8) is 0 Å². The summed E-state index contributed by atoms with van der Waals surface area (Å²) in [6, 6.07) is 69.6. The second-order valence-electron chi connectivity index (χ2n) is 15.9. The van der Waals surface area contributed by atoms with Gasteiger partial charge in [-0.1, -0.05) is 127 Å². The van der Waals surface area contributed by atoms with Crippen LogP contribution in [0.15, 0.2) is 198 Å². The van der Waals surface area contributed by atoms with Gasteiger partial charge in [0.25, 0.3) is 0 Å². The minimum Gasteiger partial charge on any atom is -0.308 e. The van der Waals surface area contributed by atoms with Gasteiger partial charge < -0.3 is 4.90 Å². The van der Waals surface area contributed by atoms with Gasteiger partial charge in [0, 0.05) is 46.4 Å². The Morgan fingerprint density at radius 3 is 1.77 bits per heavy atom. The van der Waals surface area contributed by atoms with Crippen molar-refractivity contribution >= 4 is 131 Å². The molecule has 0 spiro atoms. The lowest BCUT2D eigenvalue weighted by molar-refractivity contribution is 1.18. The minimum atomic E-state index is 0.982. The Kier molecular flexibility index (Phi) is 6.65. The summed E-state index contributed by atoms with van der Waals surface area (Å²) in [6.07, 6.45) is 0. The third-order valence-corrected chi connectivity index (χ3v) is 14.9. The highest BCUT2D eigenvalue weighted by Crippen LogP contribution is 2.55. The summed E-state index contributed by atoms with van der Waals surface area (Å²) in [4.78, 5) is 10.2. The van der Waals surface area contributed by atoms with E-state index in [9.17, 15) is 0 Å². The molecule has 5 heteroatoms. The fourth-order valence-corrected chi connectivity index (χ4v) is 12.3. The molecule has 0 saturated carbocycles. The van der Waals surface area contributed by atoms with Crippen LogP contribution in [0, 0.1) is 0 Å². The van der Waals surface area contributed by atoms with Gasteiger partial charge in [0.05, 0.1) is 27.9 Å². The Labute approximate surface area is 352 Å². The monoisotopic (exact) mass is 797 g/mol. The standard InChI is InChI=1S/C55H31N3S2/c1-3-13-37-35(11-1)36-12-2-4-14-38(36)45-31-54-50(30-44(37)45)57(49-26-22-33(28-53(49)60-54)32-21-24-41-40-16-6-10-20-51(40)59-52(41)27-32)34-23-25-42-43(29-34)39-15-5-8-18-47(39)58-48-19-9-7-17-46(48)56-55(42)58/h1-31H. The van der Waals surface area contributed by atoms with Crippen LogP contribution in [-0.2, 0) is 0 Å². The Morgan fingerprint density at radius 2 is 0.950 bits per heavy atom. The lowest BCUT2D eigenvalue weighted by Crippen LogP contribution is -2.15. The van der Waals surface area contributed by atoms with Gasteiger partial charge in [-0.25, -0.2) is 4.98 Å². The van der Waals surface area contributed by atoms with Gasteiger partial charge in [0.2, 0.25) is 0 Å². The Hall–Kier alpha value is -7.18. The molecule has 60 heavy (non-hydrogen) atoms. The molecule has 0 saturated heterocycles. The zero-order valence-electron chi connectivity index (χ0n) is 32.1. The van der Waals surface area contributed by atoms with Crippen molar-refractivity contribution < 1.29 is 0 Å². The summed E-state index contributed by atoms with van der Waals surface area (Å²) in [5, 5.41) is 13.9. The third kappa shape index (κ3) is 4.53. The first kappa shape index (κ1) is 32.7. The van der Waals surface area contributed by atoms with Crippen molar-refractivity contribution in [2.24, 2.45) is 0 Å². The molecule has 3 aromatic heterocycles. The van der Waals surface area contributed by atoms with Crippen LogP contribution >= 0.6 is 23.1 Å². The van der Waals surface area contributed by atoms with Gasteiger partial charge in [-0.05, 0) is 122 Å². The predicted octanol–water partition coefficient (Wildman–Crippen LogP) is 16.2. The summed E-state index contributed by atoms with van der Waals surface area (Å²) in [7, 11) is 0. The molecule has 4 heterocycles. The molecule has 0 bridgehead atoms. The first-order valence-electron chi connectivity index (χ1n) is 20.4. The summed E-state index contributed by atoms with van der Waals surface area (Å²) in [5.41, 5.74) is 10.2. The Bertz CT molecular complexity index is 4010. The van der Waals surface area contributed by atoms with Crippen LogP contribution in [0.4, 0.5) is 17.1 Å². The average Bonchev–Trinajstić information content (AvgIpc) is 3.89. The van der Waals surface area contributed by atoms with E-state index in [0.717, 1.165) is 33.3 Å². The van der Waals surface area contributed by atoms with E-state index < -0.39 is 0 Å². The number of anilines is 3. The fourth-order valence-electron chi connectivity index (χ4n) is 10.0. The molecule has 0 unspecified atom stereocenters. The van der Waals surface area contributed by atoms with Gasteiger partial charge in [0.1, 0.15) is 5.65 Å². The molecule has 1 aliphatic heterocycles. The van der Waals surface area contributed by atoms with Gasteiger partial charge in [-0.15, -0.1) is 11.3 Å². The van der Waals surface area contributed by atoms with Gasteiger partial charge in [-0.3, -0.25) is 4.40 Å². The average molecular weight is 798 g/mol. The lowest BCUT2D eigenvalue weighted by atomic mass is 9.93. The minimum absolute atomic E-state index is 0.982. The zero-order chi connectivity index (χ0) is 39.1. The largest absolute Gasteiger partial charge is 0.308 e. The number of para-hydroxylation sites is 3. The predicted molar refractivity (Wildman–Crippen MR) is 257 cm³/mol. The Balaban J connectivity index is 1.03. The number of hydrogen-bond donors (Lipinski definition) is 0. The smallest absolute Gasteiger partial charge is 0.146 e. The van der Waals surface area contributed by atoms with Crippen LogP contribution in [0.1, 0.15) is 0 Å². The molecular weight excluding hydrogens is 767 g/mol. The SMILES string of the molecule is c1ccc2c(c1)nc1c3ccc(N4c5ccc(-c6ccc7c(c6)sc6ccccc67)cc5Sc5cc6c7ccccc7c7ccccc7c6cc54)cc3c3ccccc3n21. The molecular formula is C55H31N3S2. The number of benzene rings is 10. The quantitative estimate of drug-likeness (QED) is 0.163. The molecule has 0 radical (unpaired) electrons. The van der Waals surface area contributed by atoms with Gasteiger partial charge >= 0.3 is 0 Å². The van der Waals surface area contributed by atoms with Crippen molar-refractivity contribution in [1.82, 2.24) is 9.38 Å². The number of imidazole rings is 1. The highest BCUT2D eigenvalue weighted by atomic mass is 32.2. The molecule has 0 aliphatic carbocycles. The van der Waals surface area contributed by atoms with Gasteiger partial charge in [-0.2, -0.15) is 0 Å². The van der Waals surface area contributed by atoms with Crippen LogP contribution in [0.3, 0.4) is 0 Å². The highest BCUT2D eigenvalue weighted by molar-refractivity contribution is 7.99. The first-order chi connectivity index (χ1) is 29.7. The first-order valence-corrected chi connectivity index (χ1v) is 22.0. The number of thiophene rings is 1. The second kappa shape index (κ2) is 12.2. The number of pyridine rings is 1. The van der Waals surface area contributed by atoms with Crippen molar-refractivity contribution in [2.75, 3.05) is 4.90 Å². The molecule has 0 N–H and O–H groups in total. The summed E-state index contributed by atoms with van der Waals surface area (Å²) in [6.45, 7) is 0. The number of fused-ring (bicyclic) bond motifs is 19. The van der Waals surface area contributed by atoms with Crippen LogP contribution in [-0.4, -0.2) is 9.38 Å². The maximum absolute atomic E-state index is 5.21. The van der Waals surface area contributed by atoms with E-state index in [1.165, 1.54) is 95.6 Å². The van der Waals surface area contributed by atoms with Crippen LogP contribution in [0.2, 0.25) is 0 Å². The topological polar surface area (TPSA) is 20.5 Å². The van der Waals surface area contributed by atoms with E-state index in [-0.39, 0.29) is 0 Å². The van der Waals surface area contributed by atoms with Crippen LogP contribution in [0.5, 0.6) is 0 Å². The van der Waals surface area contributed by atoms with E-state index in [4.69, 9.17) is 4.98 Å². The van der Waals surface area contributed by atoms with Crippen LogP contribution in [0.25, 0.3) is 102 Å². The maximum Gasteiger partial charge on any atom is 0.146 e. The Morgan fingerprint density at radius 1 is 0.367 bits per heavy atom. The number of nitrogens with zero attached hydrogens (tertiary/aromatic N) is 3. The van der Waals surface area contributed by atoms with Crippen LogP contribution < -0.4 is 4.90 Å². The van der Waals surface area contributed by atoms with Crippen molar-refractivity contribution in [2.45, 2.75) is 9.79 Å². The van der Waals surface area contributed by atoms with Crippen molar-refractivity contribution in [3.05, 3.63) is 188 Å². The highest BCUT2D eigenvalue weighted by Gasteiger charge is 2.28. The maximum atomic E-state index is 5.21. The molecule has 1 aliphatic rings. The summed E-state index contributed by atoms with van der Waals surface area (Å²) >= 11 is 3.76. The molecule has 0 atom stereocenters. The molecule has 13 aromatic rings. The number of rotatable bonds is 2. The van der Waals surface area contributed by atoms with E-state index in [2.05, 4.69) is 197 Å². The molecule has 0 amide bonds. The van der Waals surface area contributed by atoms with E-state index >= 15 is 0 Å².